The summed E-state index contributed by atoms with van der Waals surface area (Å²) in [5, 5.41) is 13.9. The molecule has 0 radical (unpaired) electrons. The first-order chi connectivity index (χ1) is 16.6. The van der Waals surface area contributed by atoms with Crippen molar-refractivity contribution in [3.63, 3.8) is 0 Å². The molecule has 1 aromatic carbocycles. The summed E-state index contributed by atoms with van der Waals surface area (Å²) in [6.07, 6.45) is 8.64. The molecule has 4 aromatic rings. The Morgan fingerprint density at radius 3 is 2.62 bits per heavy atom. The van der Waals surface area contributed by atoms with E-state index in [2.05, 4.69) is 65.2 Å². The Labute approximate surface area is 200 Å². The molecule has 3 aromatic heterocycles. The molecule has 2 fully saturated rings. The van der Waals surface area contributed by atoms with Gasteiger partial charge in [0.2, 0.25) is 0 Å². The lowest BCUT2D eigenvalue weighted by molar-refractivity contribution is 0.00724. The first-order valence-electron chi connectivity index (χ1n) is 12.7. The fourth-order valence-corrected chi connectivity index (χ4v) is 6.04. The van der Waals surface area contributed by atoms with Crippen LogP contribution in [-0.2, 0) is 4.74 Å². The number of nitrogens with one attached hydrogen (secondary N) is 1. The number of morpholine rings is 1. The average Bonchev–Trinajstić information content (AvgIpc) is 3.51. The minimum atomic E-state index is 0.408. The van der Waals surface area contributed by atoms with Gasteiger partial charge in [0.25, 0.3) is 0 Å². The zero-order chi connectivity index (χ0) is 23.2. The summed E-state index contributed by atoms with van der Waals surface area (Å²) in [7, 11) is 0. The molecule has 178 valence electrons. The van der Waals surface area contributed by atoms with E-state index in [1.807, 2.05) is 4.52 Å². The summed E-state index contributed by atoms with van der Waals surface area (Å²) >= 11 is 0. The Morgan fingerprint density at radius 1 is 1.06 bits per heavy atom. The molecule has 0 amide bonds. The number of hydrogen-bond donors (Lipinski definition) is 1. The number of benzene rings is 1. The van der Waals surface area contributed by atoms with Crippen LogP contribution in [0.1, 0.15) is 68.2 Å². The van der Waals surface area contributed by atoms with Gasteiger partial charge in [-0.15, -0.1) is 0 Å². The molecular weight excluding hydrogens is 424 g/mol. The maximum Gasteiger partial charge on any atom is 0.158 e. The van der Waals surface area contributed by atoms with Crippen LogP contribution in [0.5, 0.6) is 0 Å². The van der Waals surface area contributed by atoms with Crippen molar-refractivity contribution in [3.05, 3.63) is 47.5 Å². The second kappa shape index (κ2) is 8.78. The highest BCUT2D eigenvalue weighted by atomic mass is 16.5. The number of aryl methyl sites for hydroxylation is 1. The van der Waals surface area contributed by atoms with Crippen molar-refractivity contribution >= 4 is 16.6 Å². The van der Waals surface area contributed by atoms with Crippen molar-refractivity contribution in [2.45, 2.75) is 64.3 Å². The lowest BCUT2D eigenvalue weighted by Gasteiger charge is -2.38. The monoisotopic (exact) mass is 458 g/mol. The first kappa shape index (κ1) is 21.7. The Bertz CT molecular complexity index is 1310. The van der Waals surface area contributed by atoms with E-state index in [4.69, 9.17) is 9.84 Å². The highest BCUT2D eigenvalue weighted by Gasteiger charge is 2.30. The van der Waals surface area contributed by atoms with Gasteiger partial charge in [-0.1, -0.05) is 13.8 Å². The van der Waals surface area contributed by atoms with Crippen LogP contribution >= 0.6 is 0 Å². The van der Waals surface area contributed by atoms with Gasteiger partial charge < -0.3 is 4.74 Å². The molecule has 7 heteroatoms. The molecule has 0 unspecified atom stereocenters. The topological polar surface area (TPSA) is 71.3 Å². The second-order valence-electron chi connectivity index (χ2n) is 10.3. The predicted molar refractivity (Wildman–Crippen MR) is 134 cm³/mol. The molecule has 4 heterocycles. The van der Waals surface area contributed by atoms with Crippen molar-refractivity contribution < 1.29 is 4.74 Å². The third-order valence-corrected chi connectivity index (χ3v) is 7.90. The third-order valence-electron chi connectivity index (χ3n) is 7.90. The molecule has 7 nitrogen and oxygen atoms in total. The van der Waals surface area contributed by atoms with E-state index in [0.717, 1.165) is 43.0 Å². The number of pyridine rings is 1. The van der Waals surface area contributed by atoms with Crippen molar-refractivity contribution in [3.8, 4) is 11.1 Å². The third kappa shape index (κ3) is 3.81. The number of hydrogen-bond acceptors (Lipinski definition) is 5. The number of ether oxygens (including phenoxy) is 1. The van der Waals surface area contributed by atoms with Crippen LogP contribution in [0.25, 0.3) is 27.7 Å². The van der Waals surface area contributed by atoms with Gasteiger partial charge in [-0.05, 0) is 73.4 Å². The Morgan fingerprint density at radius 2 is 1.85 bits per heavy atom. The maximum atomic E-state index is 5.55. The van der Waals surface area contributed by atoms with Crippen molar-refractivity contribution in [1.82, 2.24) is 29.7 Å². The van der Waals surface area contributed by atoms with Crippen LogP contribution in [0, 0.1) is 6.92 Å². The SMILES string of the molecule is Cc1cc(-c2cc3[nH]nc(C4CCC(N5CCOCC5)CC4)c3cc2C(C)C)cn2ncnc12. The van der Waals surface area contributed by atoms with Gasteiger partial charge in [-0.25, -0.2) is 9.50 Å². The molecule has 6 rings (SSSR count). The summed E-state index contributed by atoms with van der Waals surface area (Å²) in [4.78, 5) is 7.02. The van der Waals surface area contributed by atoms with E-state index in [1.165, 1.54) is 53.5 Å². The van der Waals surface area contributed by atoms with Crippen LogP contribution in [0.2, 0.25) is 0 Å². The van der Waals surface area contributed by atoms with Gasteiger partial charge in [0, 0.05) is 42.2 Å². The standard InChI is InChI=1S/C27H34N6O/c1-17(2)22-13-24-25(14-23(22)20-12-18(3)27-28-16-29-33(27)15-20)30-31-26(24)19-4-6-21(7-5-19)32-8-10-34-11-9-32/h12-17,19,21H,4-11H2,1-3H3,(H,30,31). The maximum absolute atomic E-state index is 5.55. The molecule has 1 saturated heterocycles. The number of aromatic amines is 1. The van der Waals surface area contributed by atoms with Gasteiger partial charge in [0.1, 0.15) is 6.33 Å². The molecule has 0 atom stereocenters. The predicted octanol–water partition coefficient (Wildman–Crippen LogP) is 5.06. The van der Waals surface area contributed by atoms with Gasteiger partial charge in [-0.2, -0.15) is 10.2 Å². The van der Waals surface area contributed by atoms with E-state index in [9.17, 15) is 0 Å². The normalized spacial score (nSPS) is 22.2. The largest absolute Gasteiger partial charge is 0.379 e. The Balaban J connectivity index is 1.32. The number of rotatable bonds is 4. The van der Waals surface area contributed by atoms with Gasteiger partial charge in [0.05, 0.1) is 24.4 Å². The van der Waals surface area contributed by atoms with Crippen molar-refractivity contribution in [2.75, 3.05) is 26.3 Å². The Kier molecular flexibility index (Phi) is 5.62. The van der Waals surface area contributed by atoms with Gasteiger partial charge in [0.15, 0.2) is 5.65 Å². The number of H-pyrrole nitrogens is 1. The van der Waals surface area contributed by atoms with Crippen LogP contribution in [0.3, 0.4) is 0 Å². The summed E-state index contributed by atoms with van der Waals surface area (Å²) in [6.45, 7) is 10.6. The lowest BCUT2D eigenvalue weighted by Crippen LogP contribution is -2.44. The molecule has 1 N–H and O–H groups in total. The first-order valence-corrected chi connectivity index (χ1v) is 12.7. The molecular formula is C27H34N6O. The average molecular weight is 459 g/mol. The van der Waals surface area contributed by atoms with E-state index < -0.39 is 0 Å². The molecule has 2 aliphatic rings. The number of nitrogens with zero attached hydrogens (tertiary/aromatic N) is 5. The molecule has 0 spiro atoms. The van der Waals surface area contributed by atoms with Gasteiger partial charge >= 0.3 is 0 Å². The summed E-state index contributed by atoms with van der Waals surface area (Å²) in [6, 6.07) is 7.61. The van der Waals surface area contributed by atoms with Crippen LogP contribution < -0.4 is 0 Å². The van der Waals surface area contributed by atoms with Crippen molar-refractivity contribution in [1.29, 1.82) is 0 Å². The highest BCUT2D eigenvalue weighted by molar-refractivity contribution is 5.89. The van der Waals surface area contributed by atoms with E-state index in [0.29, 0.717) is 17.9 Å². The minimum absolute atomic E-state index is 0.408. The molecule has 0 bridgehead atoms. The van der Waals surface area contributed by atoms with Gasteiger partial charge in [-0.3, -0.25) is 10.00 Å². The number of aromatic nitrogens is 5. The lowest BCUT2D eigenvalue weighted by atomic mass is 9.81. The van der Waals surface area contributed by atoms with E-state index >= 15 is 0 Å². The second-order valence-corrected chi connectivity index (χ2v) is 10.3. The fraction of sp³-hybridized carbons (Fsp3) is 0.519. The zero-order valence-electron chi connectivity index (χ0n) is 20.4. The van der Waals surface area contributed by atoms with Crippen molar-refractivity contribution in [2.24, 2.45) is 0 Å². The summed E-state index contributed by atoms with van der Waals surface area (Å²) < 4.78 is 7.43. The molecule has 1 saturated carbocycles. The fourth-order valence-electron chi connectivity index (χ4n) is 6.04. The quantitative estimate of drug-likeness (QED) is 0.463. The van der Waals surface area contributed by atoms with E-state index in [1.54, 1.807) is 6.33 Å². The zero-order valence-corrected chi connectivity index (χ0v) is 20.4. The van der Waals surface area contributed by atoms with E-state index in [-0.39, 0.29) is 0 Å². The molecule has 1 aliphatic carbocycles. The molecule has 34 heavy (non-hydrogen) atoms. The smallest absolute Gasteiger partial charge is 0.158 e. The summed E-state index contributed by atoms with van der Waals surface area (Å²) in [5.41, 5.74) is 8.20. The highest BCUT2D eigenvalue weighted by Crippen LogP contribution is 2.40. The van der Waals surface area contributed by atoms with Crippen LogP contribution in [-0.4, -0.2) is 62.0 Å². The van der Waals surface area contributed by atoms with Crippen LogP contribution in [0.15, 0.2) is 30.7 Å². The van der Waals surface area contributed by atoms with Crippen LogP contribution in [0.4, 0.5) is 0 Å². The molecule has 1 aliphatic heterocycles. The Hall–Kier alpha value is -2.77. The number of fused-ring (bicyclic) bond motifs is 2. The minimum Gasteiger partial charge on any atom is -0.379 e. The summed E-state index contributed by atoms with van der Waals surface area (Å²) in [5.74, 6) is 0.941.